The first-order valence-corrected chi connectivity index (χ1v) is 10.2. The summed E-state index contributed by atoms with van der Waals surface area (Å²) in [6.07, 6.45) is 2.91. The van der Waals surface area contributed by atoms with E-state index in [-0.39, 0.29) is 5.92 Å². The molecule has 1 aromatic rings. The lowest BCUT2D eigenvalue weighted by Gasteiger charge is -2.27. The maximum absolute atomic E-state index is 11.8. The summed E-state index contributed by atoms with van der Waals surface area (Å²) >= 11 is 0. The number of nitrogens with one attached hydrogen (secondary N) is 1. The van der Waals surface area contributed by atoms with Gasteiger partial charge in [0.2, 0.25) is 0 Å². The maximum Gasteiger partial charge on any atom is 0.150 e. The fraction of sp³-hybridized carbons (Fsp3) is 0.667. The minimum atomic E-state index is -2.82. The Hall–Kier alpha value is -0.870. The Bertz CT molecular complexity index is 581. The SMILES string of the molecule is Cc1ccccc1[C@@H](CC(C)C)NC[C@H]1CCCS(=O)(=O)C1. The van der Waals surface area contributed by atoms with Gasteiger partial charge >= 0.3 is 0 Å². The van der Waals surface area contributed by atoms with Crippen molar-refractivity contribution in [3.63, 3.8) is 0 Å². The van der Waals surface area contributed by atoms with E-state index in [9.17, 15) is 8.42 Å². The van der Waals surface area contributed by atoms with E-state index in [4.69, 9.17) is 0 Å². The van der Waals surface area contributed by atoms with Crippen LogP contribution in [0.25, 0.3) is 0 Å². The van der Waals surface area contributed by atoms with Crippen LogP contribution >= 0.6 is 0 Å². The molecule has 0 amide bonds. The van der Waals surface area contributed by atoms with Gasteiger partial charge in [-0.2, -0.15) is 0 Å². The molecular formula is C18H29NO2S. The standard InChI is InChI=1S/C18H29NO2S/c1-14(2)11-18(17-9-5-4-7-15(17)3)19-12-16-8-6-10-22(20,21)13-16/h4-5,7,9,14,16,18-19H,6,8,10-13H2,1-3H3/t16-,18-/m1/s1. The molecule has 1 N–H and O–H groups in total. The zero-order chi connectivity index (χ0) is 16.2. The molecule has 1 aliphatic heterocycles. The van der Waals surface area contributed by atoms with Gasteiger partial charge in [0.15, 0.2) is 9.84 Å². The quantitative estimate of drug-likeness (QED) is 0.871. The zero-order valence-electron chi connectivity index (χ0n) is 14.0. The fourth-order valence-electron chi connectivity index (χ4n) is 3.36. The molecule has 1 heterocycles. The Kier molecular flexibility index (Phi) is 6.04. The minimum absolute atomic E-state index is 0.262. The average molecular weight is 324 g/mol. The van der Waals surface area contributed by atoms with Gasteiger partial charge in [-0.05, 0) is 55.7 Å². The molecule has 0 radical (unpaired) electrons. The molecule has 1 aromatic carbocycles. The maximum atomic E-state index is 11.8. The van der Waals surface area contributed by atoms with Gasteiger partial charge in [-0.25, -0.2) is 8.42 Å². The molecule has 0 saturated carbocycles. The Morgan fingerprint density at radius 1 is 1.27 bits per heavy atom. The fourth-order valence-corrected chi connectivity index (χ4v) is 5.13. The van der Waals surface area contributed by atoms with Crippen LogP contribution in [0, 0.1) is 18.8 Å². The average Bonchev–Trinajstić information content (AvgIpc) is 2.43. The van der Waals surface area contributed by atoms with Crippen molar-refractivity contribution in [2.75, 3.05) is 18.1 Å². The summed E-state index contributed by atoms with van der Waals surface area (Å²) in [7, 11) is -2.82. The number of benzene rings is 1. The Labute approximate surface area is 135 Å². The lowest BCUT2D eigenvalue weighted by Crippen LogP contribution is -2.35. The first-order chi connectivity index (χ1) is 10.4. The second-order valence-corrected chi connectivity index (χ2v) is 9.30. The van der Waals surface area contributed by atoms with E-state index in [2.05, 4.69) is 50.4 Å². The number of hydrogen-bond donors (Lipinski definition) is 1. The summed E-state index contributed by atoms with van der Waals surface area (Å²) in [4.78, 5) is 0. The topological polar surface area (TPSA) is 46.2 Å². The van der Waals surface area contributed by atoms with Crippen molar-refractivity contribution in [1.29, 1.82) is 0 Å². The molecule has 0 spiro atoms. The molecule has 0 aliphatic carbocycles. The normalized spacial score (nSPS) is 22.6. The molecule has 2 rings (SSSR count). The van der Waals surface area contributed by atoms with Crippen LogP contribution in [-0.2, 0) is 9.84 Å². The highest BCUT2D eigenvalue weighted by atomic mass is 32.2. The van der Waals surface area contributed by atoms with Crippen molar-refractivity contribution in [2.45, 2.75) is 46.1 Å². The Morgan fingerprint density at radius 3 is 2.64 bits per heavy atom. The number of hydrogen-bond acceptors (Lipinski definition) is 3. The van der Waals surface area contributed by atoms with Crippen molar-refractivity contribution in [3.05, 3.63) is 35.4 Å². The molecule has 124 valence electrons. The third-order valence-electron chi connectivity index (χ3n) is 4.48. The van der Waals surface area contributed by atoms with Gasteiger partial charge in [-0.15, -0.1) is 0 Å². The Balaban J connectivity index is 2.03. The van der Waals surface area contributed by atoms with Gasteiger partial charge in [0.25, 0.3) is 0 Å². The van der Waals surface area contributed by atoms with E-state index in [1.54, 1.807) is 0 Å². The molecule has 1 aliphatic rings. The third kappa shape index (κ3) is 5.10. The Morgan fingerprint density at radius 2 is 2.00 bits per heavy atom. The molecule has 3 nitrogen and oxygen atoms in total. The van der Waals surface area contributed by atoms with E-state index < -0.39 is 9.84 Å². The van der Waals surface area contributed by atoms with Crippen molar-refractivity contribution < 1.29 is 8.42 Å². The molecule has 22 heavy (non-hydrogen) atoms. The van der Waals surface area contributed by atoms with Crippen LogP contribution in [0.5, 0.6) is 0 Å². The monoisotopic (exact) mass is 323 g/mol. The van der Waals surface area contributed by atoms with Gasteiger partial charge in [0.05, 0.1) is 11.5 Å². The first-order valence-electron chi connectivity index (χ1n) is 8.36. The molecule has 1 saturated heterocycles. The van der Waals surface area contributed by atoms with Gasteiger partial charge in [0, 0.05) is 6.04 Å². The van der Waals surface area contributed by atoms with Gasteiger partial charge in [-0.3, -0.25) is 0 Å². The van der Waals surface area contributed by atoms with Gasteiger partial charge < -0.3 is 5.32 Å². The van der Waals surface area contributed by atoms with E-state index in [0.717, 1.165) is 25.8 Å². The minimum Gasteiger partial charge on any atom is -0.310 e. The molecule has 0 bridgehead atoms. The number of aryl methyl sites for hydroxylation is 1. The summed E-state index contributed by atoms with van der Waals surface area (Å²) in [5.41, 5.74) is 2.65. The van der Waals surface area contributed by atoms with Crippen molar-refractivity contribution in [1.82, 2.24) is 5.32 Å². The van der Waals surface area contributed by atoms with Crippen LogP contribution in [0.15, 0.2) is 24.3 Å². The van der Waals surface area contributed by atoms with E-state index >= 15 is 0 Å². The first kappa shape index (κ1) is 17.5. The van der Waals surface area contributed by atoms with Crippen LogP contribution in [-0.4, -0.2) is 26.5 Å². The molecule has 0 unspecified atom stereocenters. The van der Waals surface area contributed by atoms with Crippen molar-refractivity contribution >= 4 is 9.84 Å². The third-order valence-corrected chi connectivity index (χ3v) is 6.37. The van der Waals surface area contributed by atoms with E-state index in [0.29, 0.717) is 23.5 Å². The van der Waals surface area contributed by atoms with Crippen molar-refractivity contribution in [3.8, 4) is 0 Å². The highest BCUT2D eigenvalue weighted by Gasteiger charge is 2.25. The van der Waals surface area contributed by atoms with Crippen LogP contribution < -0.4 is 5.32 Å². The van der Waals surface area contributed by atoms with E-state index in [1.165, 1.54) is 11.1 Å². The van der Waals surface area contributed by atoms with Gasteiger partial charge in [0.1, 0.15) is 0 Å². The largest absolute Gasteiger partial charge is 0.310 e. The summed E-state index contributed by atoms with van der Waals surface area (Å²) in [6.45, 7) is 7.41. The highest BCUT2D eigenvalue weighted by Crippen LogP contribution is 2.25. The molecule has 1 fully saturated rings. The second-order valence-electron chi connectivity index (χ2n) is 7.07. The van der Waals surface area contributed by atoms with Crippen molar-refractivity contribution in [2.24, 2.45) is 11.8 Å². The van der Waals surface area contributed by atoms with Crippen LogP contribution in [0.3, 0.4) is 0 Å². The van der Waals surface area contributed by atoms with Crippen LogP contribution in [0.2, 0.25) is 0 Å². The van der Waals surface area contributed by atoms with Crippen LogP contribution in [0.1, 0.15) is 50.3 Å². The predicted molar refractivity (Wildman–Crippen MR) is 92.8 cm³/mol. The zero-order valence-corrected chi connectivity index (χ0v) is 14.8. The smallest absolute Gasteiger partial charge is 0.150 e. The second kappa shape index (κ2) is 7.60. The molecular weight excluding hydrogens is 294 g/mol. The summed E-state index contributed by atoms with van der Waals surface area (Å²) in [6, 6.07) is 8.80. The molecule has 4 heteroatoms. The molecule has 2 atom stereocenters. The highest BCUT2D eigenvalue weighted by molar-refractivity contribution is 7.91. The summed E-state index contributed by atoms with van der Waals surface area (Å²) in [5, 5.41) is 3.65. The number of sulfone groups is 1. The van der Waals surface area contributed by atoms with E-state index in [1.807, 2.05) is 0 Å². The van der Waals surface area contributed by atoms with Gasteiger partial charge in [-0.1, -0.05) is 38.1 Å². The summed E-state index contributed by atoms with van der Waals surface area (Å²) in [5.74, 6) is 1.59. The lowest BCUT2D eigenvalue weighted by molar-refractivity contribution is 0.379. The lowest BCUT2D eigenvalue weighted by atomic mass is 9.93. The molecule has 0 aromatic heterocycles. The summed E-state index contributed by atoms with van der Waals surface area (Å²) < 4.78 is 23.6. The van der Waals surface area contributed by atoms with Crippen LogP contribution in [0.4, 0.5) is 0 Å². The predicted octanol–water partition coefficient (Wildman–Crippen LogP) is 3.50. The number of rotatable bonds is 6.